The van der Waals surface area contributed by atoms with Gasteiger partial charge in [0.25, 0.3) is 0 Å². The molecule has 2 saturated heterocycles. The third kappa shape index (κ3) is 4.09. The first-order valence-corrected chi connectivity index (χ1v) is 9.27. The van der Waals surface area contributed by atoms with E-state index in [2.05, 4.69) is 32.3 Å². The van der Waals surface area contributed by atoms with Crippen molar-refractivity contribution in [3.63, 3.8) is 0 Å². The summed E-state index contributed by atoms with van der Waals surface area (Å²) in [5.41, 5.74) is 0. The Balaban J connectivity index is 1.42. The van der Waals surface area contributed by atoms with Gasteiger partial charge in [0.2, 0.25) is 5.91 Å². The summed E-state index contributed by atoms with van der Waals surface area (Å²) in [5, 5.41) is 3.57. The van der Waals surface area contributed by atoms with Gasteiger partial charge < -0.3 is 15.1 Å². The van der Waals surface area contributed by atoms with Gasteiger partial charge in [0.1, 0.15) is 0 Å². The molecule has 2 fully saturated rings. The normalized spacial score (nSPS) is 26.4. The zero-order valence-electron chi connectivity index (χ0n) is 15.1. The molecule has 0 radical (unpaired) electrons. The van der Waals surface area contributed by atoms with E-state index in [9.17, 15) is 4.79 Å². The number of hydrogen-bond donors (Lipinski definition) is 1. The van der Waals surface area contributed by atoms with Gasteiger partial charge in [-0.25, -0.2) is 0 Å². The number of aliphatic imine (C=N–C) groups is 1. The van der Waals surface area contributed by atoms with Crippen molar-refractivity contribution in [1.82, 2.24) is 20.0 Å². The van der Waals surface area contributed by atoms with Gasteiger partial charge in [0.05, 0.1) is 0 Å². The van der Waals surface area contributed by atoms with E-state index in [0.29, 0.717) is 12.0 Å². The Morgan fingerprint density at radius 3 is 2.42 bits per heavy atom. The number of likely N-dealkylation sites (tertiary alicyclic amines) is 2. The van der Waals surface area contributed by atoms with Crippen molar-refractivity contribution in [1.29, 1.82) is 0 Å². The van der Waals surface area contributed by atoms with Crippen LogP contribution in [0.2, 0.25) is 0 Å². The first-order chi connectivity index (χ1) is 11.7. The molecule has 6 heteroatoms. The van der Waals surface area contributed by atoms with Crippen LogP contribution >= 0.6 is 0 Å². The largest absolute Gasteiger partial charge is 0.356 e. The van der Waals surface area contributed by atoms with Crippen LogP contribution in [0.5, 0.6) is 0 Å². The number of nitrogens with zero attached hydrogens (tertiary/aromatic N) is 4. The number of hydrogen-bond acceptors (Lipinski definition) is 3. The Labute approximate surface area is 145 Å². The van der Waals surface area contributed by atoms with Gasteiger partial charge in [0, 0.05) is 65.8 Å². The molecule has 0 aromatic carbocycles. The van der Waals surface area contributed by atoms with Crippen LogP contribution in [-0.4, -0.2) is 85.5 Å². The second-order valence-corrected chi connectivity index (χ2v) is 7.19. The van der Waals surface area contributed by atoms with E-state index < -0.39 is 0 Å². The molecule has 3 heterocycles. The molecule has 1 unspecified atom stereocenters. The lowest BCUT2D eigenvalue weighted by Gasteiger charge is -2.32. The molecule has 134 valence electrons. The maximum absolute atomic E-state index is 11.4. The second-order valence-electron chi connectivity index (χ2n) is 7.19. The smallest absolute Gasteiger partial charge is 0.219 e. The summed E-state index contributed by atoms with van der Waals surface area (Å²) < 4.78 is 0. The summed E-state index contributed by atoms with van der Waals surface area (Å²) in [7, 11) is 1.88. The highest BCUT2D eigenvalue weighted by atomic mass is 16.2. The van der Waals surface area contributed by atoms with Crippen LogP contribution in [0.1, 0.15) is 26.2 Å². The summed E-state index contributed by atoms with van der Waals surface area (Å²) >= 11 is 0. The summed E-state index contributed by atoms with van der Waals surface area (Å²) in [6, 6.07) is 0.650. The standard InChI is InChI=1S/C18H31N5O/c1-15(24)21-10-5-16(6-11-21)13-20-18(19-2)23-12-7-17(14-23)22-8-3-4-9-22/h3-4,16-17H,5-14H2,1-2H3,(H,19,20). The van der Waals surface area contributed by atoms with Crippen LogP contribution in [-0.2, 0) is 4.79 Å². The Hall–Kier alpha value is -1.56. The highest BCUT2D eigenvalue weighted by Gasteiger charge is 2.30. The highest BCUT2D eigenvalue weighted by molar-refractivity contribution is 5.80. The lowest BCUT2D eigenvalue weighted by atomic mass is 9.97. The SMILES string of the molecule is CN=C(NCC1CCN(C(C)=O)CC1)N1CCC(N2CC=CC2)C1. The average Bonchev–Trinajstić information content (AvgIpc) is 3.27. The fraction of sp³-hybridized carbons (Fsp3) is 0.778. The molecule has 0 aromatic heterocycles. The third-order valence-corrected chi connectivity index (χ3v) is 5.65. The molecule has 6 nitrogen and oxygen atoms in total. The predicted octanol–water partition coefficient (Wildman–Crippen LogP) is 0.766. The van der Waals surface area contributed by atoms with Gasteiger partial charge >= 0.3 is 0 Å². The fourth-order valence-corrected chi connectivity index (χ4v) is 4.04. The van der Waals surface area contributed by atoms with E-state index in [0.717, 1.165) is 64.6 Å². The molecular formula is C18H31N5O. The number of piperidine rings is 1. The number of guanidine groups is 1. The van der Waals surface area contributed by atoms with E-state index in [-0.39, 0.29) is 5.91 Å². The molecular weight excluding hydrogens is 302 g/mol. The number of amides is 1. The van der Waals surface area contributed by atoms with E-state index in [1.165, 1.54) is 6.42 Å². The summed E-state index contributed by atoms with van der Waals surface area (Å²) in [6.07, 6.45) is 7.93. The molecule has 3 aliphatic rings. The molecule has 0 bridgehead atoms. The minimum atomic E-state index is 0.205. The van der Waals surface area contributed by atoms with E-state index in [1.54, 1.807) is 6.92 Å². The van der Waals surface area contributed by atoms with Crippen molar-refractivity contribution in [3.05, 3.63) is 12.2 Å². The van der Waals surface area contributed by atoms with E-state index in [4.69, 9.17) is 0 Å². The van der Waals surface area contributed by atoms with Gasteiger partial charge in [0.15, 0.2) is 5.96 Å². The summed E-state index contributed by atoms with van der Waals surface area (Å²) in [4.78, 5) is 22.8. The lowest BCUT2D eigenvalue weighted by molar-refractivity contribution is -0.130. The van der Waals surface area contributed by atoms with Crippen LogP contribution in [0.25, 0.3) is 0 Å². The van der Waals surface area contributed by atoms with Crippen LogP contribution < -0.4 is 5.32 Å². The molecule has 24 heavy (non-hydrogen) atoms. The number of rotatable bonds is 3. The van der Waals surface area contributed by atoms with Crippen LogP contribution in [0.3, 0.4) is 0 Å². The van der Waals surface area contributed by atoms with Crippen LogP contribution in [0.4, 0.5) is 0 Å². The van der Waals surface area contributed by atoms with Crippen molar-refractivity contribution in [2.24, 2.45) is 10.9 Å². The molecule has 0 spiro atoms. The van der Waals surface area contributed by atoms with E-state index >= 15 is 0 Å². The van der Waals surface area contributed by atoms with E-state index in [1.807, 2.05) is 11.9 Å². The van der Waals surface area contributed by atoms with Gasteiger partial charge in [-0.1, -0.05) is 12.2 Å². The quantitative estimate of drug-likeness (QED) is 0.471. The summed E-state index contributed by atoms with van der Waals surface area (Å²) in [6.45, 7) is 8.78. The number of carbonyl (C=O) groups is 1. The monoisotopic (exact) mass is 333 g/mol. The topological polar surface area (TPSA) is 51.2 Å². The van der Waals surface area contributed by atoms with Gasteiger partial charge in [-0.2, -0.15) is 0 Å². The molecule has 1 N–H and O–H groups in total. The minimum absolute atomic E-state index is 0.205. The lowest BCUT2D eigenvalue weighted by Crippen LogP contribution is -2.46. The average molecular weight is 333 g/mol. The van der Waals surface area contributed by atoms with Crippen molar-refractivity contribution >= 4 is 11.9 Å². The molecule has 1 amide bonds. The Morgan fingerprint density at radius 2 is 1.79 bits per heavy atom. The van der Waals surface area contributed by atoms with Crippen LogP contribution in [0, 0.1) is 5.92 Å². The Bertz CT molecular complexity index is 488. The van der Waals surface area contributed by atoms with Crippen molar-refractivity contribution in [2.45, 2.75) is 32.2 Å². The molecule has 3 rings (SSSR count). The molecule has 0 aliphatic carbocycles. The van der Waals surface area contributed by atoms with Crippen LogP contribution in [0.15, 0.2) is 17.1 Å². The first kappa shape index (κ1) is 17.3. The van der Waals surface area contributed by atoms with Gasteiger partial charge in [-0.15, -0.1) is 0 Å². The maximum Gasteiger partial charge on any atom is 0.219 e. The summed E-state index contributed by atoms with van der Waals surface area (Å²) in [5.74, 6) is 1.88. The number of nitrogens with one attached hydrogen (secondary N) is 1. The molecule has 1 atom stereocenters. The molecule has 0 aromatic rings. The number of carbonyl (C=O) groups excluding carboxylic acids is 1. The maximum atomic E-state index is 11.4. The predicted molar refractivity (Wildman–Crippen MR) is 97.0 cm³/mol. The third-order valence-electron chi connectivity index (χ3n) is 5.65. The minimum Gasteiger partial charge on any atom is -0.356 e. The van der Waals surface area contributed by atoms with Crippen molar-refractivity contribution in [2.75, 3.05) is 52.9 Å². The molecule has 3 aliphatic heterocycles. The second kappa shape index (κ2) is 8.01. The van der Waals surface area contributed by atoms with Crippen molar-refractivity contribution < 1.29 is 4.79 Å². The Morgan fingerprint density at radius 1 is 1.12 bits per heavy atom. The molecule has 0 saturated carbocycles. The van der Waals surface area contributed by atoms with Crippen molar-refractivity contribution in [3.8, 4) is 0 Å². The fourth-order valence-electron chi connectivity index (χ4n) is 4.04. The Kier molecular flexibility index (Phi) is 5.76. The van der Waals surface area contributed by atoms with Gasteiger partial charge in [-0.05, 0) is 25.2 Å². The van der Waals surface area contributed by atoms with Gasteiger partial charge in [-0.3, -0.25) is 14.7 Å². The highest BCUT2D eigenvalue weighted by Crippen LogP contribution is 2.19. The zero-order chi connectivity index (χ0) is 16.9. The zero-order valence-corrected chi connectivity index (χ0v) is 15.1. The first-order valence-electron chi connectivity index (χ1n) is 9.27.